The van der Waals surface area contributed by atoms with Crippen LogP contribution in [0.15, 0.2) is 152 Å². The predicted molar refractivity (Wildman–Crippen MR) is 208 cm³/mol. The van der Waals surface area contributed by atoms with Gasteiger partial charge in [-0.25, -0.2) is 0 Å². The first kappa shape index (κ1) is 30.0. The van der Waals surface area contributed by atoms with Gasteiger partial charge in [-0.05, 0) is 137 Å². The molecule has 0 aromatic heterocycles. The molecular weight excluding hydrogens is 603 g/mol. The minimum absolute atomic E-state index is 0.0517. The van der Waals surface area contributed by atoms with Gasteiger partial charge in [0.1, 0.15) is 0 Å². The molecule has 0 atom stereocenters. The second-order valence-electron chi connectivity index (χ2n) is 16.2. The van der Waals surface area contributed by atoms with Gasteiger partial charge in [0, 0.05) is 27.9 Å². The molecule has 4 saturated carbocycles. The van der Waals surface area contributed by atoms with Crippen LogP contribution < -0.4 is 4.90 Å². The van der Waals surface area contributed by atoms with E-state index >= 15 is 0 Å². The van der Waals surface area contributed by atoms with Crippen LogP contribution in [0.5, 0.6) is 0 Å². The van der Waals surface area contributed by atoms with E-state index in [-0.39, 0.29) is 10.8 Å². The largest absolute Gasteiger partial charge is 0.310 e. The monoisotopic (exact) mass is 647 g/mol. The highest BCUT2D eigenvalue weighted by atomic mass is 15.1. The number of fused-ring (bicyclic) bond motifs is 2. The van der Waals surface area contributed by atoms with Crippen LogP contribution in [0.4, 0.5) is 17.1 Å². The predicted octanol–water partition coefficient (Wildman–Crippen LogP) is 12.9. The third-order valence-electron chi connectivity index (χ3n) is 13.3. The molecule has 0 unspecified atom stereocenters. The Morgan fingerprint density at radius 2 is 0.820 bits per heavy atom. The topological polar surface area (TPSA) is 3.24 Å². The van der Waals surface area contributed by atoms with E-state index < -0.39 is 0 Å². The number of anilines is 3. The van der Waals surface area contributed by atoms with Crippen molar-refractivity contribution in [2.45, 2.75) is 56.8 Å². The van der Waals surface area contributed by atoms with Gasteiger partial charge in [-0.1, -0.05) is 129 Å². The summed E-state index contributed by atoms with van der Waals surface area (Å²) < 4.78 is 0. The molecule has 0 radical (unpaired) electrons. The van der Waals surface area contributed by atoms with Crippen molar-refractivity contribution in [3.05, 3.63) is 174 Å². The summed E-state index contributed by atoms with van der Waals surface area (Å²) in [5, 5.41) is 0. The van der Waals surface area contributed by atoms with Crippen LogP contribution in [0, 0.1) is 23.7 Å². The zero-order chi connectivity index (χ0) is 33.5. The van der Waals surface area contributed by atoms with Crippen molar-refractivity contribution in [3.63, 3.8) is 0 Å². The summed E-state index contributed by atoms with van der Waals surface area (Å²) in [4.78, 5) is 2.50. The molecular formula is C49H45N. The molecule has 0 heterocycles. The summed E-state index contributed by atoms with van der Waals surface area (Å²) >= 11 is 0. The first-order valence-electron chi connectivity index (χ1n) is 18.9. The Balaban J connectivity index is 1.16. The number of rotatable bonds is 5. The van der Waals surface area contributed by atoms with E-state index in [0.717, 1.165) is 11.8 Å². The average molecular weight is 648 g/mol. The Hall–Kier alpha value is -4.88. The van der Waals surface area contributed by atoms with E-state index in [4.69, 9.17) is 0 Å². The number of hydrogen-bond acceptors (Lipinski definition) is 1. The van der Waals surface area contributed by atoms with Crippen LogP contribution in [0.1, 0.15) is 68.2 Å². The molecule has 0 saturated heterocycles. The Morgan fingerprint density at radius 3 is 1.34 bits per heavy atom. The zero-order valence-corrected chi connectivity index (χ0v) is 29.2. The Bertz CT molecular complexity index is 2060. The molecule has 1 spiro atoms. The standard InChI is InChI=1S/C49H45N/c1-48(2)44-15-9-10-16-46(44)49(39-28-33-27-34(30-39)31-40(49)29-33)47-32-43(25-26-45(47)48)50(41-21-17-37(18-22-41)35-11-5-3-6-12-35)42-23-19-38(20-24-42)36-13-7-4-8-14-36/h3-26,32-34,39-40H,27-31H2,1-2H3. The lowest BCUT2D eigenvalue weighted by molar-refractivity contribution is -0.0443. The molecule has 5 aliphatic carbocycles. The summed E-state index contributed by atoms with van der Waals surface area (Å²) in [5.74, 6) is 3.27. The van der Waals surface area contributed by atoms with Crippen molar-refractivity contribution in [1.82, 2.24) is 0 Å². The highest BCUT2D eigenvalue weighted by molar-refractivity contribution is 5.81. The minimum Gasteiger partial charge on any atom is -0.310 e. The number of nitrogens with zero attached hydrogens (tertiary/aromatic N) is 1. The van der Waals surface area contributed by atoms with Crippen molar-refractivity contribution >= 4 is 17.1 Å². The molecule has 6 aromatic carbocycles. The van der Waals surface area contributed by atoms with Gasteiger partial charge < -0.3 is 4.90 Å². The number of benzene rings is 6. The van der Waals surface area contributed by atoms with Gasteiger partial charge in [-0.15, -0.1) is 0 Å². The van der Waals surface area contributed by atoms with Crippen LogP contribution in [0.25, 0.3) is 22.3 Å². The molecule has 4 bridgehead atoms. The van der Waals surface area contributed by atoms with Gasteiger partial charge >= 0.3 is 0 Å². The molecule has 1 heteroatoms. The lowest BCUT2D eigenvalue weighted by atomic mass is 9.39. The third kappa shape index (κ3) is 4.45. The lowest BCUT2D eigenvalue weighted by Gasteiger charge is -2.64. The van der Waals surface area contributed by atoms with Crippen molar-refractivity contribution in [3.8, 4) is 22.3 Å². The Kier molecular flexibility index (Phi) is 6.79. The first-order chi connectivity index (χ1) is 24.5. The molecule has 50 heavy (non-hydrogen) atoms. The summed E-state index contributed by atoms with van der Waals surface area (Å²) in [6.07, 6.45) is 7.01. The van der Waals surface area contributed by atoms with Crippen LogP contribution in [0.2, 0.25) is 0 Å². The molecule has 0 amide bonds. The van der Waals surface area contributed by atoms with E-state index in [1.807, 2.05) is 0 Å². The van der Waals surface area contributed by atoms with Gasteiger partial charge in [0.2, 0.25) is 0 Å². The minimum atomic E-state index is -0.0517. The highest BCUT2D eigenvalue weighted by Crippen LogP contribution is 2.69. The smallest absolute Gasteiger partial charge is 0.0464 e. The van der Waals surface area contributed by atoms with E-state index in [1.165, 1.54) is 77.0 Å². The van der Waals surface area contributed by atoms with Crippen LogP contribution >= 0.6 is 0 Å². The molecule has 5 aliphatic rings. The first-order valence-corrected chi connectivity index (χ1v) is 18.9. The fourth-order valence-electron chi connectivity index (χ4n) is 11.4. The van der Waals surface area contributed by atoms with Crippen molar-refractivity contribution in [2.75, 3.05) is 4.90 Å². The second-order valence-corrected chi connectivity index (χ2v) is 16.2. The highest BCUT2D eigenvalue weighted by Gasteiger charge is 2.62. The van der Waals surface area contributed by atoms with E-state index in [2.05, 4.69) is 170 Å². The quantitative estimate of drug-likeness (QED) is 0.180. The van der Waals surface area contributed by atoms with Gasteiger partial charge in [0.25, 0.3) is 0 Å². The normalized spacial score (nSPS) is 25.2. The van der Waals surface area contributed by atoms with Crippen molar-refractivity contribution in [1.29, 1.82) is 0 Å². The van der Waals surface area contributed by atoms with E-state index in [0.29, 0.717) is 11.8 Å². The van der Waals surface area contributed by atoms with Crippen LogP contribution in [-0.4, -0.2) is 0 Å². The maximum absolute atomic E-state index is 2.64. The Morgan fingerprint density at radius 1 is 0.400 bits per heavy atom. The molecule has 4 fully saturated rings. The van der Waals surface area contributed by atoms with Gasteiger partial charge in [0.05, 0.1) is 0 Å². The van der Waals surface area contributed by atoms with Crippen LogP contribution in [-0.2, 0) is 10.8 Å². The van der Waals surface area contributed by atoms with Gasteiger partial charge in [-0.3, -0.25) is 0 Å². The molecule has 6 aromatic rings. The fourth-order valence-corrected chi connectivity index (χ4v) is 11.4. The summed E-state index contributed by atoms with van der Waals surface area (Å²) in [7, 11) is 0. The second kappa shape index (κ2) is 11.3. The molecule has 11 rings (SSSR count). The van der Waals surface area contributed by atoms with Crippen molar-refractivity contribution in [2.24, 2.45) is 23.7 Å². The van der Waals surface area contributed by atoms with Gasteiger partial charge in [0.15, 0.2) is 0 Å². The average Bonchev–Trinajstić information content (AvgIpc) is 3.16. The SMILES string of the molecule is CC1(C)c2ccccc2C2(c3cc(N(c4ccc(-c5ccccc5)cc4)c4ccc(-c5ccccc5)cc4)ccc31)C1CC3CC(C1)CC2C3. The number of hydrogen-bond donors (Lipinski definition) is 0. The maximum Gasteiger partial charge on any atom is 0.0464 e. The van der Waals surface area contributed by atoms with Gasteiger partial charge in [-0.2, -0.15) is 0 Å². The summed E-state index contributed by atoms with van der Waals surface area (Å²) in [6, 6.07) is 57.0. The fraction of sp³-hybridized carbons (Fsp3) is 0.265. The zero-order valence-electron chi connectivity index (χ0n) is 29.2. The maximum atomic E-state index is 2.64. The van der Waals surface area contributed by atoms with Crippen molar-refractivity contribution < 1.29 is 0 Å². The van der Waals surface area contributed by atoms with E-state index in [1.54, 1.807) is 16.7 Å². The third-order valence-corrected chi connectivity index (χ3v) is 13.3. The lowest BCUT2D eigenvalue weighted by Crippen LogP contribution is -2.58. The molecule has 246 valence electrons. The van der Waals surface area contributed by atoms with E-state index in [9.17, 15) is 0 Å². The Labute approximate surface area is 297 Å². The molecule has 0 N–H and O–H groups in total. The summed E-state index contributed by atoms with van der Waals surface area (Å²) in [6.45, 7) is 4.94. The summed E-state index contributed by atoms with van der Waals surface area (Å²) in [5.41, 5.74) is 15.0. The van der Waals surface area contributed by atoms with Crippen LogP contribution in [0.3, 0.4) is 0 Å². The molecule has 1 nitrogen and oxygen atoms in total. The molecule has 0 aliphatic heterocycles.